The summed E-state index contributed by atoms with van der Waals surface area (Å²) >= 11 is 3.15. The van der Waals surface area contributed by atoms with Crippen LogP contribution in [0.15, 0.2) is 58.4 Å². The number of aromatic nitrogens is 1. The molecule has 3 rings (SSSR count). The van der Waals surface area contributed by atoms with Crippen molar-refractivity contribution < 1.29 is 13.9 Å². The summed E-state index contributed by atoms with van der Waals surface area (Å²) in [6.45, 7) is 3.90. The summed E-state index contributed by atoms with van der Waals surface area (Å²) in [6, 6.07) is 14.5. The van der Waals surface area contributed by atoms with E-state index in [1.807, 2.05) is 31.2 Å². The second-order valence-electron chi connectivity index (χ2n) is 6.11. The third-order valence-electron chi connectivity index (χ3n) is 4.09. The molecular weight excluding hydrogens is 395 g/mol. The van der Waals surface area contributed by atoms with E-state index in [2.05, 4.69) is 9.56 Å². The standard InChI is InChI=1S/C21H23FN2O2S2/c1-2-26-14-13-24-18-6-3-4-7-19(18)28-21(24)23-20(25)8-5-15-27-17-11-9-16(22)10-12-17/h3-4,6-7,9-12H,2,5,8,13-15H2,1H3. The highest BCUT2D eigenvalue weighted by atomic mass is 32.2. The van der Waals surface area contributed by atoms with Gasteiger partial charge in [0.15, 0.2) is 4.80 Å². The maximum atomic E-state index is 12.9. The van der Waals surface area contributed by atoms with Crippen molar-refractivity contribution in [2.75, 3.05) is 19.0 Å². The fourth-order valence-corrected chi connectivity index (χ4v) is 4.66. The number of fused-ring (bicyclic) bond motifs is 1. The number of ether oxygens (including phenoxy) is 1. The average molecular weight is 419 g/mol. The van der Waals surface area contributed by atoms with Crippen LogP contribution in [0.4, 0.5) is 4.39 Å². The molecule has 0 aliphatic heterocycles. The molecule has 0 spiro atoms. The molecule has 28 heavy (non-hydrogen) atoms. The number of rotatable bonds is 9. The van der Waals surface area contributed by atoms with Crippen molar-refractivity contribution in [2.45, 2.75) is 31.2 Å². The van der Waals surface area contributed by atoms with E-state index >= 15 is 0 Å². The molecular formula is C21H23FN2O2S2. The van der Waals surface area contributed by atoms with E-state index in [1.54, 1.807) is 23.9 Å². The molecule has 1 heterocycles. The van der Waals surface area contributed by atoms with Gasteiger partial charge >= 0.3 is 0 Å². The van der Waals surface area contributed by atoms with Crippen molar-refractivity contribution in [3.63, 3.8) is 0 Å². The van der Waals surface area contributed by atoms with Crippen LogP contribution in [-0.2, 0) is 16.1 Å². The topological polar surface area (TPSA) is 43.6 Å². The number of carbonyl (C=O) groups excluding carboxylic acids is 1. The van der Waals surface area contributed by atoms with Gasteiger partial charge in [-0.1, -0.05) is 23.5 Å². The molecule has 0 bridgehead atoms. The Hall–Kier alpha value is -1.96. The van der Waals surface area contributed by atoms with Crippen molar-refractivity contribution >= 4 is 39.2 Å². The molecule has 0 saturated carbocycles. The molecule has 0 radical (unpaired) electrons. The lowest BCUT2D eigenvalue weighted by Crippen LogP contribution is -2.19. The van der Waals surface area contributed by atoms with Gasteiger partial charge in [-0.3, -0.25) is 4.79 Å². The summed E-state index contributed by atoms with van der Waals surface area (Å²) in [5.74, 6) is 0.444. The average Bonchev–Trinajstić information content (AvgIpc) is 3.04. The Morgan fingerprint density at radius 1 is 1.21 bits per heavy atom. The highest BCUT2D eigenvalue weighted by Crippen LogP contribution is 2.20. The fraction of sp³-hybridized carbons (Fsp3) is 0.333. The van der Waals surface area contributed by atoms with Gasteiger partial charge in [-0.05, 0) is 55.5 Å². The second-order valence-corrected chi connectivity index (χ2v) is 8.29. The minimum Gasteiger partial charge on any atom is -0.380 e. The molecule has 0 saturated heterocycles. The molecule has 3 aromatic rings. The fourth-order valence-electron chi connectivity index (χ4n) is 2.73. The van der Waals surface area contributed by atoms with Gasteiger partial charge in [0.05, 0.1) is 16.8 Å². The SMILES string of the molecule is CCOCCn1c(=NC(=O)CCCSc2ccc(F)cc2)sc2ccccc21. The quantitative estimate of drug-likeness (QED) is 0.367. The minimum atomic E-state index is -0.237. The lowest BCUT2D eigenvalue weighted by Gasteiger charge is -2.05. The van der Waals surface area contributed by atoms with Crippen LogP contribution in [0.2, 0.25) is 0 Å². The van der Waals surface area contributed by atoms with Crippen molar-refractivity contribution in [2.24, 2.45) is 4.99 Å². The third kappa shape index (κ3) is 5.77. The van der Waals surface area contributed by atoms with Gasteiger partial charge in [0.2, 0.25) is 5.91 Å². The molecule has 0 aliphatic carbocycles. The summed E-state index contributed by atoms with van der Waals surface area (Å²) in [4.78, 5) is 18.4. The van der Waals surface area contributed by atoms with Crippen molar-refractivity contribution in [3.05, 3.63) is 59.1 Å². The first-order chi connectivity index (χ1) is 13.7. The summed E-state index contributed by atoms with van der Waals surface area (Å²) < 4.78 is 21.6. The Balaban J connectivity index is 1.62. The van der Waals surface area contributed by atoms with E-state index in [-0.39, 0.29) is 11.7 Å². The van der Waals surface area contributed by atoms with Crippen LogP contribution in [0.3, 0.4) is 0 Å². The molecule has 148 valence electrons. The van der Waals surface area contributed by atoms with Gasteiger partial charge in [-0.15, -0.1) is 11.8 Å². The third-order valence-corrected chi connectivity index (χ3v) is 6.25. The summed E-state index contributed by atoms with van der Waals surface area (Å²) in [6.07, 6.45) is 1.13. The first kappa shape index (κ1) is 20.8. The molecule has 1 amide bonds. The van der Waals surface area contributed by atoms with Crippen LogP contribution in [0.5, 0.6) is 0 Å². The normalized spacial score (nSPS) is 12.0. The Bertz CT molecular complexity index is 980. The second kappa shape index (κ2) is 10.5. The lowest BCUT2D eigenvalue weighted by molar-refractivity contribution is -0.118. The van der Waals surface area contributed by atoms with Crippen molar-refractivity contribution in [1.29, 1.82) is 0 Å². The van der Waals surface area contributed by atoms with Crippen LogP contribution in [0, 0.1) is 5.82 Å². The maximum absolute atomic E-state index is 12.9. The van der Waals surface area contributed by atoms with Crippen molar-refractivity contribution in [3.8, 4) is 0 Å². The largest absolute Gasteiger partial charge is 0.380 e. The Labute approximate surface area is 172 Å². The molecule has 0 fully saturated rings. The van der Waals surface area contributed by atoms with Crippen LogP contribution >= 0.6 is 23.1 Å². The van der Waals surface area contributed by atoms with Gasteiger partial charge in [0, 0.05) is 24.5 Å². The Kier molecular flexibility index (Phi) is 7.82. The predicted octanol–water partition coefficient (Wildman–Crippen LogP) is 4.88. The van der Waals surface area contributed by atoms with Gasteiger partial charge in [0.1, 0.15) is 5.82 Å². The zero-order valence-electron chi connectivity index (χ0n) is 15.8. The van der Waals surface area contributed by atoms with Gasteiger partial charge < -0.3 is 9.30 Å². The first-order valence-corrected chi connectivity index (χ1v) is 11.1. The van der Waals surface area contributed by atoms with E-state index in [1.165, 1.54) is 23.5 Å². The molecule has 0 aliphatic rings. The van der Waals surface area contributed by atoms with E-state index in [0.29, 0.717) is 26.2 Å². The number of para-hydroxylation sites is 1. The van der Waals surface area contributed by atoms with E-state index in [9.17, 15) is 9.18 Å². The minimum absolute atomic E-state index is 0.114. The summed E-state index contributed by atoms with van der Waals surface area (Å²) in [5, 5.41) is 0. The van der Waals surface area contributed by atoms with Crippen LogP contribution in [0.1, 0.15) is 19.8 Å². The zero-order valence-corrected chi connectivity index (χ0v) is 17.4. The smallest absolute Gasteiger partial charge is 0.248 e. The molecule has 7 heteroatoms. The van der Waals surface area contributed by atoms with E-state index in [0.717, 1.165) is 32.1 Å². The van der Waals surface area contributed by atoms with Crippen LogP contribution in [-0.4, -0.2) is 29.4 Å². The summed E-state index contributed by atoms with van der Waals surface area (Å²) in [7, 11) is 0. The number of thiazole rings is 1. The van der Waals surface area contributed by atoms with E-state index in [4.69, 9.17) is 4.74 Å². The molecule has 1 aromatic heterocycles. The van der Waals surface area contributed by atoms with E-state index < -0.39 is 0 Å². The van der Waals surface area contributed by atoms with Gasteiger partial charge in [-0.2, -0.15) is 4.99 Å². The Morgan fingerprint density at radius 2 is 2.00 bits per heavy atom. The number of amides is 1. The van der Waals surface area contributed by atoms with Gasteiger partial charge in [0.25, 0.3) is 0 Å². The number of carbonyl (C=O) groups is 1. The summed E-state index contributed by atoms with van der Waals surface area (Å²) in [5.41, 5.74) is 1.07. The van der Waals surface area contributed by atoms with Crippen LogP contribution < -0.4 is 4.80 Å². The van der Waals surface area contributed by atoms with Crippen LogP contribution in [0.25, 0.3) is 10.2 Å². The number of halogens is 1. The van der Waals surface area contributed by atoms with Gasteiger partial charge in [-0.25, -0.2) is 4.39 Å². The highest BCUT2D eigenvalue weighted by Gasteiger charge is 2.08. The predicted molar refractivity (Wildman–Crippen MR) is 113 cm³/mol. The number of thioether (sulfide) groups is 1. The zero-order chi connectivity index (χ0) is 19.8. The lowest BCUT2D eigenvalue weighted by atomic mass is 10.3. The number of nitrogens with zero attached hydrogens (tertiary/aromatic N) is 2. The molecule has 4 nitrogen and oxygen atoms in total. The number of hydrogen-bond donors (Lipinski definition) is 0. The van der Waals surface area contributed by atoms with Crippen molar-refractivity contribution in [1.82, 2.24) is 4.57 Å². The number of hydrogen-bond acceptors (Lipinski definition) is 4. The Morgan fingerprint density at radius 3 is 2.79 bits per heavy atom. The highest BCUT2D eigenvalue weighted by molar-refractivity contribution is 7.99. The molecule has 2 aromatic carbocycles. The molecule has 0 unspecified atom stereocenters. The molecule has 0 atom stereocenters. The number of benzene rings is 2. The maximum Gasteiger partial charge on any atom is 0.248 e. The first-order valence-electron chi connectivity index (χ1n) is 9.29. The monoisotopic (exact) mass is 418 g/mol. The molecule has 0 N–H and O–H groups in total.